The second kappa shape index (κ2) is 5.39. The van der Waals surface area contributed by atoms with E-state index < -0.39 is 0 Å². The smallest absolute Gasteiger partial charge is 0.150 e. The fourth-order valence-corrected chi connectivity index (χ4v) is 3.26. The van der Waals surface area contributed by atoms with Crippen LogP contribution < -0.4 is 10.6 Å². The second-order valence-corrected chi connectivity index (χ2v) is 6.04. The first kappa shape index (κ1) is 13.9. The Morgan fingerprint density at radius 1 is 1.38 bits per heavy atom. The van der Waals surface area contributed by atoms with Crippen LogP contribution in [0, 0.1) is 0 Å². The largest absolute Gasteiger partial charge is 0.394 e. The molecule has 5 heteroatoms. The Bertz CT molecular complexity index is 617. The summed E-state index contributed by atoms with van der Waals surface area (Å²) in [5.74, 6) is 1.38. The monoisotopic (exact) mass is 285 g/mol. The van der Waals surface area contributed by atoms with Gasteiger partial charge in [-0.25, -0.2) is 0 Å². The first-order valence-electron chi connectivity index (χ1n) is 7.58. The predicted octanol–water partition coefficient (Wildman–Crippen LogP) is 2.86. The highest BCUT2D eigenvalue weighted by Crippen LogP contribution is 2.40. The fourth-order valence-electron chi connectivity index (χ4n) is 3.26. The predicted molar refractivity (Wildman–Crippen MR) is 85.3 cm³/mol. The van der Waals surface area contributed by atoms with Gasteiger partial charge in [0.15, 0.2) is 5.82 Å². The average molecular weight is 285 g/mol. The molecule has 1 unspecified atom stereocenters. The summed E-state index contributed by atoms with van der Waals surface area (Å²) in [5, 5.41) is 4.62. The van der Waals surface area contributed by atoms with Crippen molar-refractivity contribution in [1.82, 2.24) is 14.8 Å². The van der Waals surface area contributed by atoms with Gasteiger partial charge in [-0.15, -0.1) is 0 Å². The Morgan fingerprint density at radius 2 is 2.19 bits per heavy atom. The van der Waals surface area contributed by atoms with E-state index in [2.05, 4.69) is 34.9 Å². The van der Waals surface area contributed by atoms with Gasteiger partial charge in [-0.05, 0) is 30.4 Å². The molecule has 0 aliphatic carbocycles. The molecule has 1 saturated heterocycles. The summed E-state index contributed by atoms with van der Waals surface area (Å²) in [7, 11) is 1.98. The highest BCUT2D eigenvalue weighted by Gasteiger charge is 2.31. The van der Waals surface area contributed by atoms with E-state index in [0.717, 1.165) is 30.2 Å². The van der Waals surface area contributed by atoms with E-state index >= 15 is 0 Å². The van der Waals surface area contributed by atoms with E-state index in [9.17, 15) is 0 Å². The molecule has 0 spiro atoms. The van der Waals surface area contributed by atoms with Gasteiger partial charge in [0.05, 0.1) is 17.4 Å². The molecule has 1 aliphatic rings. The molecule has 1 aliphatic heterocycles. The van der Waals surface area contributed by atoms with Crippen molar-refractivity contribution < 1.29 is 0 Å². The summed E-state index contributed by atoms with van der Waals surface area (Å²) in [5.41, 5.74) is 9.45. The number of nitrogens with two attached hydrogens (primary N) is 1. The van der Waals surface area contributed by atoms with Crippen molar-refractivity contribution in [1.29, 1.82) is 0 Å². The van der Waals surface area contributed by atoms with Crippen LogP contribution in [-0.2, 0) is 7.05 Å². The van der Waals surface area contributed by atoms with Gasteiger partial charge in [0, 0.05) is 26.0 Å². The topological polar surface area (TPSA) is 60.0 Å². The third-order valence-corrected chi connectivity index (χ3v) is 4.22. The van der Waals surface area contributed by atoms with Crippen molar-refractivity contribution in [2.45, 2.75) is 38.6 Å². The standard InChI is InChI=1S/C16H23N5/c1-11(2)15-14(17)16(20(3)19-15)21-9-5-7-13(21)12-6-4-8-18-10-12/h4,6,8,10-11,13H,5,7,9,17H2,1-3H3. The van der Waals surface area contributed by atoms with E-state index in [1.807, 2.05) is 30.2 Å². The Hall–Kier alpha value is -2.04. The molecule has 0 aromatic carbocycles. The normalized spacial score (nSPS) is 18.7. The molecule has 3 heterocycles. The zero-order chi connectivity index (χ0) is 15.0. The number of hydrogen-bond acceptors (Lipinski definition) is 4. The molecule has 0 saturated carbocycles. The molecule has 2 N–H and O–H groups in total. The van der Waals surface area contributed by atoms with Gasteiger partial charge >= 0.3 is 0 Å². The lowest BCUT2D eigenvalue weighted by atomic mass is 10.1. The summed E-state index contributed by atoms with van der Waals surface area (Å²) in [6.45, 7) is 5.27. The molecule has 0 bridgehead atoms. The van der Waals surface area contributed by atoms with Crippen LogP contribution in [0.1, 0.15) is 49.9 Å². The molecular weight excluding hydrogens is 262 g/mol. The molecule has 1 fully saturated rings. The van der Waals surface area contributed by atoms with Crippen molar-refractivity contribution in [2.24, 2.45) is 7.05 Å². The van der Waals surface area contributed by atoms with Crippen LogP contribution in [0.5, 0.6) is 0 Å². The van der Waals surface area contributed by atoms with Crippen molar-refractivity contribution in [3.8, 4) is 0 Å². The molecule has 3 rings (SSSR count). The van der Waals surface area contributed by atoms with E-state index in [1.54, 1.807) is 0 Å². The quantitative estimate of drug-likeness (QED) is 0.942. The Morgan fingerprint density at radius 3 is 2.81 bits per heavy atom. The van der Waals surface area contributed by atoms with Crippen molar-refractivity contribution in [3.05, 3.63) is 35.8 Å². The highest BCUT2D eigenvalue weighted by molar-refractivity contribution is 5.68. The lowest BCUT2D eigenvalue weighted by Gasteiger charge is -2.27. The molecular formula is C16H23N5. The number of hydrogen-bond donors (Lipinski definition) is 1. The summed E-state index contributed by atoms with van der Waals surface area (Å²) in [6.07, 6.45) is 6.07. The van der Waals surface area contributed by atoms with Crippen molar-refractivity contribution in [3.63, 3.8) is 0 Å². The first-order valence-corrected chi connectivity index (χ1v) is 7.58. The minimum Gasteiger partial charge on any atom is -0.394 e. The third kappa shape index (κ3) is 2.37. The highest BCUT2D eigenvalue weighted by atomic mass is 15.4. The summed E-state index contributed by atoms with van der Waals surface area (Å²) in [4.78, 5) is 6.64. The van der Waals surface area contributed by atoms with Gasteiger partial charge < -0.3 is 10.6 Å². The van der Waals surface area contributed by atoms with Gasteiger partial charge in [-0.3, -0.25) is 9.67 Å². The van der Waals surface area contributed by atoms with Crippen LogP contribution in [0.15, 0.2) is 24.5 Å². The third-order valence-electron chi connectivity index (χ3n) is 4.22. The lowest BCUT2D eigenvalue weighted by molar-refractivity contribution is 0.660. The maximum absolute atomic E-state index is 6.38. The van der Waals surface area contributed by atoms with E-state index in [1.165, 1.54) is 12.0 Å². The molecule has 112 valence electrons. The fraction of sp³-hybridized carbons (Fsp3) is 0.500. The Labute approximate surface area is 125 Å². The molecule has 21 heavy (non-hydrogen) atoms. The minimum absolute atomic E-state index is 0.337. The van der Waals surface area contributed by atoms with E-state index in [0.29, 0.717) is 12.0 Å². The van der Waals surface area contributed by atoms with Crippen molar-refractivity contribution >= 4 is 11.5 Å². The second-order valence-electron chi connectivity index (χ2n) is 6.04. The van der Waals surface area contributed by atoms with Crippen LogP contribution in [0.3, 0.4) is 0 Å². The van der Waals surface area contributed by atoms with Crippen LogP contribution in [0.4, 0.5) is 11.5 Å². The van der Waals surface area contributed by atoms with Gasteiger partial charge in [0.25, 0.3) is 0 Å². The molecule has 5 nitrogen and oxygen atoms in total. The lowest BCUT2D eigenvalue weighted by Crippen LogP contribution is -2.25. The number of nitrogen functional groups attached to an aromatic ring is 1. The molecule has 0 radical (unpaired) electrons. The zero-order valence-electron chi connectivity index (χ0n) is 13.0. The Kier molecular flexibility index (Phi) is 3.57. The molecule has 1 atom stereocenters. The molecule has 0 amide bonds. The number of aromatic nitrogens is 3. The average Bonchev–Trinajstić information content (AvgIpc) is 3.04. The number of rotatable bonds is 3. The van der Waals surface area contributed by atoms with Gasteiger partial charge in [0.2, 0.25) is 0 Å². The first-order chi connectivity index (χ1) is 10.1. The van der Waals surface area contributed by atoms with Gasteiger partial charge in [0.1, 0.15) is 0 Å². The van der Waals surface area contributed by atoms with Gasteiger partial charge in [-0.1, -0.05) is 19.9 Å². The summed E-state index contributed by atoms with van der Waals surface area (Å²) >= 11 is 0. The SMILES string of the molecule is CC(C)c1nn(C)c(N2CCCC2c2cccnc2)c1N. The molecule has 2 aromatic heterocycles. The number of aryl methyl sites for hydroxylation is 1. The summed E-state index contributed by atoms with van der Waals surface area (Å²) < 4.78 is 1.93. The zero-order valence-corrected chi connectivity index (χ0v) is 13.0. The van der Waals surface area contributed by atoms with Crippen LogP contribution in [-0.4, -0.2) is 21.3 Å². The van der Waals surface area contributed by atoms with Crippen LogP contribution in [0.2, 0.25) is 0 Å². The Balaban J connectivity index is 2.00. The van der Waals surface area contributed by atoms with Crippen LogP contribution >= 0.6 is 0 Å². The van der Waals surface area contributed by atoms with Crippen LogP contribution in [0.25, 0.3) is 0 Å². The van der Waals surface area contributed by atoms with E-state index in [-0.39, 0.29) is 0 Å². The number of pyridine rings is 1. The number of nitrogens with zero attached hydrogens (tertiary/aromatic N) is 4. The number of anilines is 2. The van der Waals surface area contributed by atoms with E-state index in [4.69, 9.17) is 5.73 Å². The maximum atomic E-state index is 6.38. The van der Waals surface area contributed by atoms with Gasteiger partial charge in [-0.2, -0.15) is 5.10 Å². The minimum atomic E-state index is 0.337. The molecule has 2 aromatic rings. The summed E-state index contributed by atoms with van der Waals surface area (Å²) in [6, 6.07) is 4.49. The maximum Gasteiger partial charge on any atom is 0.150 e. The van der Waals surface area contributed by atoms with Crippen molar-refractivity contribution in [2.75, 3.05) is 17.2 Å².